The van der Waals surface area contributed by atoms with E-state index < -0.39 is 10.0 Å². The molecule has 3 rings (SSSR count). The molecule has 0 N–H and O–H groups in total. The van der Waals surface area contributed by atoms with Crippen molar-refractivity contribution in [2.24, 2.45) is 0 Å². The molecule has 0 radical (unpaired) electrons. The average Bonchev–Trinajstić information content (AvgIpc) is 2.90. The van der Waals surface area contributed by atoms with Gasteiger partial charge in [-0.25, -0.2) is 12.8 Å². The van der Waals surface area contributed by atoms with E-state index in [1.165, 1.54) is 34.8 Å². The fourth-order valence-corrected chi connectivity index (χ4v) is 5.40. The van der Waals surface area contributed by atoms with Crippen LogP contribution in [-0.2, 0) is 23.0 Å². The second kappa shape index (κ2) is 14.0. The number of halogens is 1. The smallest absolute Gasteiger partial charge is 0.207 e. The Morgan fingerprint density at radius 1 is 0.694 bits per heavy atom. The van der Waals surface area contributed by atoms with Crippen LogP contribution in [0.5, 0.6) is 0 Å². The van der Waals surface area contributed by atoms with Gasteiger partial charge < -0.3 is 0 Å². The molecule has 3 aromatic rings. The molecule has 3 nitrogen and oxygen atoms in total. The van der Waals surface area contributed by atoms with Crippen molar-refractivity contribution in [2.45, 2.75) is 70.2 Å². The van der Waals surface area contributed by atoms with Crippen molar-refractivity contribution in [3.63, 3.8) is 0 Å². The molecular formula is C31H36FNO2S. The maximum absolute atomic E-state index is 13.5. The zero-order valence-electron chi connectivity index (χ0n) is 21.3. The first-order valence-corrected chi connectivity index (χ1v) is 14.3. The summed E-state index contributed by atoms with van der Waals surface area (Å²) in [4.78, 5) is 0.242. The predicted octanol–water partition coefficient (Wildman–Crippen LogP) is 7.34. The van der Waals surface area contributed by atoms with Gasteiger partial charge in [0.15, 0.2) is 0 Å². The number of hydrogen-bond donors (Lipinski definition) is 0. The molecule has 0 aliphatic rings. The van der Waals surface area contributed by atoms with Crippen molar-refractivity contribution in [1.29, 1.82) is 0 Å². The summed E-state index contributed by atoms with van der Waals surface area (Å²) in [5.74, 6) is 5.96. The van der Waals surface area contributed by atoms with E-state index in [1.54, 1.807) is 36.4 Å². The quantitative estimate of drug-likeness (QED) is 0.191. The highest BCUT2D eigenvalue weighted by molar-refractivity contribution is 7.89. The molecule has 0 fully saturated rings. The van der Waals surface area contributed by atoms with Crippen molar-refractivity contribution in [2.75, 3.05) is 6.54 Å². The van der Waals surface area contributed by atoms with Crippen LogP contribution in [0.2, 0.25) is 0 Å². The first-order chi connectivity index (χ1) is 17.4. The Labute approximate surface area is 216 Å². The fraction of sp³-hybridized carbons (Fsp3) is 0.355. The van der Waals surface area contributed by atoms with Crippen LogP contribution in [0.15, 0.2) is 77.7 Å². The Kier molecular flexibility index (Phi) is 10.7. The van der Waals surface area contributed by atoms with Gasteiger partial charge in [-0.15, -0.1) is 0 Å². The van der Waals surface area contributed by atoms with Crippen molar-refractivity contribution in [3.8, 4) is 11.8 Å². The van der Waals surface area contributed by atoms with Crippen molar-refractivity contribution >= 4 is 10.0 Å². The first-order valence-electron chi connectivity index (χ1n) is 12.9. The predicted molar refractivity (Wildman–Crippen MR) is 146 cm³/mol. The van der Waals surface area contributed by atoms with Gasteiger partial charge >= 0.3 is 0 Å². The van der Waals surface area contributed by atoms with Crippen LogP contribution < -0.4 is 0 Å². The van der Waals surface area contributed by atoms with Gasteiger partial charge in [-0.1, -0.05) is 75.6 Å². The van der Waals surface area contributed by atoms with Crippen LogP contribution in [-0.4, -0.2) is 19.3 Å². The maximum atomic E-state index is 13.5. The Morgan fingerprint density at radius 2 is 1.25 bits per heavy atom. The third-order valence-corrected chi connectivity index (χ3v) is 8.01. The molecular weight excluding hydrogens is 469 g/mol. The summed E-state index contributed by atoms with van der Waals surface area (Å²) in [6, 6.07) is 21.0. The minimum Gasteiger partial charge on any atom is -0.207 e. The molecule has 190 valence electrons. The second-order valence-corrected chi connectivity index (χ2v) is 11.0. The molecule has 0 amide bonds. The molecule has 0 heterocycles. The maximum Gasteiger partial charge on any atom is 0.243 e. The lowest BCUT2D eigenvalue weighted by atomic mass is 10.1. The Morgan fingerprint density at radius 3 is 1.83 bits per heavy atom. The summed E-state index contributed by atoms with van der Waals surface area (Å²) >= 11 is 0. The fourth-order valence-electron chi connectivity index (χ4n) is 3.93. The van der Waals surface area contributed by atoms with Gasteiger partial charge in [0, 0.05) is 24.2 Å². The SMILES string of the molecule is CCCCCCN(Cc1ccc(F)cc1)S(=O)(=O)c1ccc(C#Cc2ccc(CCCC)cc2)cc1. The molecule has 36 heavy (non-hydrogen) atoms. The summed E-state index contributed by atoms with van der Waals surface area (Å²) in [6.07, 6.45) is 7.35. The van der Waals surface area contributed by atoms with Gasteiger partial charge in [0.1, 0.15) is 5.82 Å². The molecule has 0 saturated heterocycles. The summed E-state index contributed by atoms with van der Waals surface area (Å²) in [6.45, 7) is 4.95. The molecule has 0 bridgehead atoms. The van der Waals surface area contributed by atoms with E-state index in [0.29, 0.717) is 6.54 Å². The van der Waals surface area contributed by atoms with E-state index in [9.17, 15) is 12.8 Å². The number of unbranched alkanes of at least 4 members (excludes halogenated alkanes) is 4. The van der Waals surface area contributed by atoms with E-state index in [4.69, 9.17) is 0 Å². The molecule has 0 aliphatic heterocycles. The summed E-state index contributed by atoms with van der Waals surface area (Å²) in [7, 11) is -3.70. The van der Waals surface area contributed by atoms with Gasteiger partial charge in [0.2, 0.25) is 10.0 Å². The molecule has 0 unspecified atom stereocenters. The first kappa shape index (κ1) is 27.6. The molecule has 5 heteroatoms. The molecule has 0 spiro atoms. The largest absolute Gasteiger partial charge is 0.243 e. The third kappa shape index (κ3) is 8.33. The van der Waals surface area contributed by atoms with E-state index in [0.717, 1.165) is 48.8 Å². The standard InChI is InChI=1S/C31H36FNO2S/c1-3-5-7-8-24-33(25-29-16-20-30(32)21-17-29)36(34,35)31-22-18-28(19-23-31)15-14-27-12-10-26(11-13-27)9-6-4-2/h10-13,16-23H,3-9,24-25H2,1-2H3. The van der Waals surface area contributed by atoms with Crippen molar-refractivity contribution < 1.29 is 12.8 Å². The lowest BCUT2D eigenvalue weighted by Gasteiger charge is -2.22. The van der Waals surface area contributed by atoms with E-state index in [1.807, 2.05) is 12.1 Å². The summed E-state index contributed by atoms with van der Waals surface area (Å²) in [5, 5.41) is 0. The zero-order chi connectivity index (χ0) is 25.8. The Balaban J connectivity index is 1.74. The second-order valence-electron chi connectivity index (χ2n) is 9.10. The molecule has 3 aromatic carbocycles. The summed E-state index contributed by atoms with van der Waals surface area (Å²) in [5.41, 5.74) is 3.78. The van der Waals surface area contributed by atoms with Crippen LogP contribution in [0.1, 0.15) is 74.6 Å². The molecule has 0 aromatic heterocycles. The molecule has 0 saturated carbocycles. The normalized spacial score (nSPS) is 11.3. The highest BCUT2D eigenvalue weighted by atomic mass is 32.2. The summed E-state index contributed by atoms with van der Waals surface area (Å²) < 4.78 is 41.8. The zero-order valence-corrected chi connectivity index (χ0v) is 22.2. The van der Waals surface area contributed by atoms with Crippen LogP contribution in [0.4, 0.5) is 4.39 Å². The van der Waals surface area contributed by atoms with Gasteiger partial charge in [-0.05, 0) is 78.9 Å². The highest BCUT2D eigenvalue weighted by Crippen LogP contribution is 2.20. The van der Waals surface area contributed by atoms with E-state index in [-0.39, 0.29) is 17.3 Å². The topological polar surface area (TPSA) is 37.4 Å². The van der Waals surface area contributed by atoms with Gasteiger partial charge in [-0.3, -0.25) is 0 Å². The minimum absolute atomic E-state index is 0.213. The van der Waals surface area contributed by atoms with Crippen LogP contribution in [0.25, 0.3) is 0 Å². The monoisotopic (exact) mass is 505 g/mol. The molecule has 0 atom stereocenters. The van der Waals surface area contributed by atoms with Crippen LogP contribution >= 0.6 is 0 Å². The van der Waals surface area contributed by atoms with Gasteiger partial charge in [0.25, 0.3) is 0 Å². The van der Waals surface area contributed by atoms with E-state index in [2.05, 4.69) is 37.8 Å². The Hall–Kier alpha value is -2.94. The van der Waals surface area contributed by atoms with Crippen LogP contribution in [0.3, 0.4) is 0 Å². The van der Waals surface area contributed by atoms with Crippen LogP contribution in [0, 0.1) is 17.7 Å². The van der Waals surface area contributed by atoms with Crippen molar-refractivity contribution in [3.05, 3.63) is 101 Å². The number of benzene rings is 3. The lowest BCUT2D eigenvalue weighted by molar-refractivity contribution is 0.392. The van der Waals surface area contributed by atoms with Crippen molar-refractivity contribution in [1.82, 2.24) is 4.31 Å². The highest BCUT2D eigenvalue weighted by Gasteiger charge is 2.24. The minimum atomic E-state index is -3.70. The van der Waals surface area contributed by atoms with E-state index >= 15 is 0 Å². The van der Waals surface area contributed by atoms with Gasteiger partial charge in [0.05, 0.1) is 4.90 Å². The Bertz CT molecular complexity index is 1240. The average molecular weight is 506 g/mol. The number of rotatable bonds is 12. The number of hydrogen-bond acceptors (Lipinski definition) is 2. The number of nitrogens with zero attached hydrogens (tertiary/aromatic N) is 1. The lowest BCUT2D eigenvalue weighted by Crippen LogP contribution is -2.31. The number of aryl methyl sites for hydroxylation is 1. The van der Waals surface area contributed by atoms with Gasteiger partial charge in [-0.2, -0.15) is 4.31 Å². The number of sulfonamides is 1. The third-order valence-electron chi connectivity index (χ3n) is 6.15. The molecule has 0 aliphatic carbocycles.